The quantitative estimate of drug-likeness (QED) is 0.294. The number of methoxy groups -OCH3 is 1. The summed E-state index contributed by atoms with van der Waals surface area (Å²) in [6.45, 7) is 1.64. The minimum Gasteiger partial charge on any atom is -0.507 e. The van der Waals surface area contributed by atoms with E-state index in [9.17, 15) is 19.8 Å². The van der Waals surface area contributed by atoms with Crippen molar-refractivity contribution in [2.45, 2.75) is 19.0 Å². The molecule has 0 radical (unpaired) electrons. The number of hydrogen-bond donors (Lipinski definition) is 2. The smallest absolute Gasteiger partial charge is 0.295 e. The fraction of sp³-hybridized carbons (Fsp3) is 0.269. The number of phenols is 1. The summed E-state index contributed by atoms with van der Waals surface area (Å²) >= 11 is 0. The monoisotopic (exact) mass is 491 g/mol. The average Bonchev–Trinajstić information content (AvgIpc) is 3.50. The van der Waals surface area contributed by atoms with Crippen molar-refractivity contribution in [3.05, 3.63) is 71.8 Å². The molecule has 2 aliphatic heterocycles. The van der Waals surface area contributed by atoms with Gasteiger partial charge >= 0.3 is 0 Å². The summed E-state index contributed by atoms with van der Waals surface area (Å²) in [7, 11) is 1.41. The van der Waals surface area contributed by atoms with E-state index in [1.165, 1.54) is 18.1 Å². The number of aromatic nitrogens is 2. The van der Waals surface area contributed by atoms with Crippen LogP contribution < -0.4 is 14.2 Å². The predicted octanol–water partition coefficient (Wildman–Crippen LogP) is 2.88. The van der Waals surface area contributed by atoms with Crippen molar-refractivity contribution >= 4 is 17.4 Å². The molecule has 3 heterocycles. The number of aliphatic hydroxyl groups is 1. The van der Waals surface area contributed by atoms with Crippen LogP contribution in [0.25, 0.3) is 5.76 Å². The first-order chi connectivity index (χ1) is 17.5. The number of rotatable bonds is 7. The lowest BCUT2D eigenvalue weighted by Crippen LogP contribution is -2.31. The topological polar surface area (TPSA) is 123 Å². The van der Waals surface area contributed by atoms with Crippen molar-refractivity contribution in [1.82, 2.24) is 14.5 Å². The van der Waals surface area contributed by atoms with Gasteiger partial charge < -0.3 is 33.9 Å². The van der Waals surface area contributed by atoms with Gasteiger partial charge in [-0.1, -0.05) is 6.07 Å². The van der Waals surface area contributed by atoms with Crippen LogP contribution in [-0.4, -0.2) is 63.2 Å². The molecular weight excluding hydrogens is 466 g/mol. The number of Topliss-reactive ketones (excluding diaryl/α,β-unsaturated/α-hetero) is 1. The number of phenolic OH excluding ortho intramolecular Hbond substituents is 1. The Morgan fingerprint density at radius 3 is 2.67 bits per heavy atom. The molecule has 2 aromatic carbocycles. The number of fused-ring (bicyclic) bond motifs is 1. The molecule has 1 amide bonds. The second kappa shape index (κ2) is 9.65. The highest BCUT2D eigenvalue weighted by Gasteiger charge is 2.46. The highest BCUT2D eigenvalue weighted by molar-refractivity contribution is 6.46. The van der Waals surface area contributed by atoms with E-state index < -0.39 is 17.7 Å². The Kier molecular flexibility index (Phi) is 6.24. The maximum Gasteiger partial charge on any atom is 0.295 e. The zero-order valence-corrected chi connectivity index (χ0v) is 19.6. The van der Waals surface area contributed by atoms with E-state index in [-0.39, 0.29) is 29.4 Å². The third kappa shape index (κ3) is 4.21. The molecule has 36 heavy (non-hydrogen) atoms. The number of aliphatic hydroxyl groups excluding tert-OH is 1. The highest BCUT2D eigenvalue weighted by atomic mass is 16.6. The van der Waals surface area contributed by atoms with Gasteiger partial charge in [-0.05, 0) is 42.3 Å². The normalized spacial score (nSPS) is 18.5. The van der Waals surface area contributed by atoms with Gasteiger partial charge in [0.1, 0.15) is 19.0 Å². The van der Waals surface area contributed by atoms with Gasteiger partial charge in [0.15, 0.2) is 23.0 Å². The number of aromatic hydroxyl groups is 1. The molecular formula is C26H25N3O7. The number of ketones is 1. The molecule has 2 aliphatic rings. The third-order valence-corrected chi connectivity index (χ3v) is 6.25. The Labute approximate surface area is 207 Å². The van der Waals surface area contributed by atoms with Crippen molar-refractivity contribution in [3.63, 3.8) is 0 Å². The number of ether oxygens (including phenoxy) is 3. The van der Waals surface area contributed by atoms with E-state index in [1.807, 2.05) is 10.8 Å². The highest BCUT2D eigenvalue weighted by Crippen LogP contribution is 2.43. The van der Waals surface area contributed by atoms with E-state index in [4.69, 9.17) is 14.2 Å². The first kappa shape index (κ1) is 23.3. The maximum atomic E-state index is 13.3. The number of nitrogens with zero attached hydrogens (tertiary/aromatic N) is 3. The zero-order chi connectivity index (χ0) is 25.2. The second-order valence-corrected chi connectivity index (χ2v) is 8.44. The number of carbonyl (C=O) groups excluding carboxylic acids is 2. The summed E-state index contributed by atoms with van der Waals surface area (Å²) in [5.74, 6) is -0.723. The second-order valence-electron chi connectivity index (χ2n) is 8.44. The lowest BCUT2D eigenvalue weighted by Gasteiger charge is -2.26. The van der Waals surface area contributed by atoms with Gasteiger partial charge in [-0.2, -0.15) is 0 Å². The molecule has 0 saturated carbocycles. The van der Waals surface area contributed by atoms with E-state index >= 15 is 0 Å². The Morgan fingerprint density at radius 2 is 1.92 bits per heavy atom. The fourth-order valence-electron chi connectivity index (χ4n) is 4.51. The molecule has 186 valence electrons. The van der Waals surface area contributed by atoms with Crippen LogP contribution in [0.3, 0.4) is 0 Å². The minimum absolute atomic E-state index is 0.0490. The van der Waals surface area contributed by atoms with Crippen molar-refractivity contribution in [2.24, 2.45) is 0 Å². The molecule has 0 unspecified atom stereocenters. The van der Waals surface area contributed by atoms with Crippen LogP contribution in [0.1, 0.15) is 23.6 Å². The van der Waals surface area contributed by atoms with Crippen LogP contribution in [-0.2, 0) is 16.1 Å². The number of likely N-dealkylation sites (tertiary alicyclic amines) is 1. The molecule has 0 aliphatic carbocycles. The number of aryl methyl sites for hydroxylation is 1. The molecule has 1 atom stereocenters. The Hall–Kier alpha value is -4.47. The van der Waals surface area contributed by atoms with Crippen LogP contribution in [0.5, 0.6) is 23.0 Å². The molecule has 10 nitrogen and oxygen atoms in total. The molecule has 5 rings (SSSR count). The van der Waals surface area contributed by atoms with E-state index in [0.717, 1.165) is 0 Å². The fourth-order valence-corrected chi connectivity index (χ4v) is 4.51. The SMILES string of the molecule is COc1cc([C@H]2/C(=C(\O)c3ccc4c(c3)OCCO4)C(=O)C(=O)N2CCCn2ccnc2)ccc1O. The molecule has 1 saturated heterocycles. The zero-order valence-electron chi connectivity index (χ0n) is 19.6. The third-order valence-electron chi connectivity index (χ3n) is 6.25. The van der Waals surface area contributed by atoms with Crippen LogP contribution >= 0.6 is 0 Å². The van der Waals surface area contributed by atoms with Crippen molar-refractivity contribution in [3.8, 4) is 23.0 Å². The molecule has 1 fully saturated rings. The van der Waals surface area contributed by atoms with E-state index in [2.05, 4.69) is 4.98 Å². The first-order valence-electron chi connectivity index (χ1n) is 11.5. The molecule has 0 spiro atoms. The molecule has 1 aromatic heterocycles. The van der Waals surface area contributed by atoms with E-state index in [0.29, 0.717) is 48.8 Å². The summed E-state index contributed by atoms with van der Waals surface area (Å²) < 4.78 is 18.3. The summed E-state index contributed by atoms with van der Waals surface area (Å²) in [6.07, 6.45) is 5.72. The van der Waals surface area contributed by atoms with Crippen molar-refractivity contribution < 1.29 is 34.0 Å². The van der Waals surface area contributed by atoms with Crippen LogP contribution in [0, 0.1) is 0 Å². The average molecular weight is 492 g/mol. The van der Waals surface area contributed by atoms with Gasteiger partial charge in [-0.25, -0.2) is 4.98 Å². The standard InChI is InChI=1S/C26H25N3O7/c1-34-20-13-16(3-5-18(20)30)23-22(24(31)17-4-6-19-21(14-17)36-12-11-35-19)25(32)26(33)29(23)9-2-8-28-10-7-27-15-28/h3-7,10,13-15,23,30-31H,2,8-9,11-12H2,1H3/b24-22+/t23-/m0/s1. The van der Waals surface area contributed by atoms with Crippen molar-refractivity contribution in [2.75, 3.05) is 26.9 Å². The Balaban J connectivity index is 1.56. The number of benzene rings is 2. The molecule has 10 heteroatoms. The van der Waals surface area contributed by atoms with Gasteiger partial charge in [0.05, 0.1) is 25.1 Å². The summed E-state index contributed by atoms with van der Waals surface area (Å²) in [4.78, 5) is 31.9. The lowest BCUT2D eigenvalue weighted by molar-refractivity contribution is -0.139. The van der Waals surface area contributed by atoms with Crippen LogP contribution in [0.2, 0.25) is 0 Å². The predicted molar refractivity (Wildman–Crippen MR) is 128 cm³/mol. The van der Waals surface area contributed by atoms with Crippen molar-refractivity contribution in [1.29, 1.82) is 0 Å². The lowest BCUT2D eigenvalue weighted by atomic mass is 9.94. The number of hydrogen-bond acceptors (Lipinski definition) is 8. The Morgan fingerprint density at radius 1 is 1.11 bits per heavy atom. The first-order valence-corrected chi connectivity index (χ1v) is 11.5. The van der Waals surface area contributed by atoms with Gasteiger partial charge in [-0.15, -0.1) is 0 Å². The maximum absolute atomic E-state index is 13.3. The summed E-state index contributed by atoms with van der Waals surface area (Å²) in [5, 5.41) is 21.4. The molecule has 3 aromatic rings. The minimum atomic E-state index is -0.879. The van der Waals surface area contributed by atoms with E-state index in [1.54, 1.807) is 42.9 Å². The van der Waals surface area contributed by atoms with Gasteiger partial charge in [0.25, 0.3) is 11.7 Å². The summed E-state index contributed by atoms with van der Waals surface area (Å²) in [5.41, 5.74) is 0.795. The number of imidazole rings is 1. The molecule has 2 N–H and O–H groups in total. The Bertz CT molecular complexity index is 1330. The van der Waals surface area contributed by atoms with Gasteiger partial charge in [-0.3, -0.25) is 9.59 Å². The van der Waals surface area contributed by atoms with Crippen LogP contribution in [0.4, 0.5) is 0 Å². The van der Waals surface area contributed by atoms with Gasteiger partial charge in [0.2, 0.25) is 0 Å². The summed E-state index contributed by atoms with van der Waals surface area (Å²) in [6, 6.07) is 8.58. The van der Waals surface area contributed by atoms with Gasteiger partial charge in [0, 0.05) is 31.0 Å². The number of carbonyl (C=O) groups is 2. The number of amides is 1. The van der Waals surface area contributed by atoms with Crippen LogP contribution in [0.15, 0.2) is 60.7 Å². The largest absolute Gasteiger partial charge is 0.507 e. The molecule has 0 bridgehead atoms.